The largest absolute Gasteiger partial charge is 0.339 e. The fraction of sp³-hybridized carbons (Fsp3) is 0.556. The number of benzene rings is 1. The van der Waals surface area contributed by atoms with Crippen LogP contribution in [0.25, 0.3) is 0 Å². The molecular formula is C18H23NO2. The van der Waals surface area contributed by atoms with Gasteiger partial charge in [-0.1, -0.05) is 36.8 Å². The third kappa shape index (κ3) is 3.17. The fourth-order valence-corrected chi connectivity index (χ4v) is 3.81. The Morgan fingerprint density at radius 2 is 1.90 bits per heavy atom. The molecule has 0 radical (unpaired) electrons. The predicted octanol–water partition coefficient (Wildman–Crippen LogP) is 2.98. The Kier molecular flexibility index (Phi) is 4.37. The van der Waals surface area contributed by atoms with Crippen LogP contribution in [0.15, 0.2) is 30.3 Å². The molecule has 1 aromatic carbocycles. The molecule has 2 aliphatic rings. The molecule has 3 heteroatoms. The molecule has 1 saturated heterocycles. The minimum absolute atomic E-state index is 0.0981. The first-order valence-corrected chi connectivity index (χ1v) is 8.12. The van der Waals surface area contributed by atoms with E-state index in [0.717, 1.165) is 44.2 Å². The van der Waals surface area contributed by atoms with Gasteiger partial charge in [0.2, 0.25) is 5.91 Å². The molecule has 1 heterocycles. The number of ketones is 1. The summed E-state index contributed by atoms with van der Waals surface area (Å²) in [5, 5.41) is 0. The molecule has 1 saturated carbocycles. The average molecular weight is 285 g/mol. The van der Waals surface area contributed by atoms with E-state index in [0.29, 0.717) is 18.6 Å². The number of rotatable bonds is 3. The van der Waals surface area contributed by atoms with Crippen LogP contribution in [-0.4, -0.2) is 29.2 Å². The van der Waals surface area contributed by atoms with Gasteiger partial charge in [-0.05, 0) is 31.2 Å². The lowest BCUT2D eigenvalue weighted by molar-refractivity contribution is -0.135. The number of amides is 1. The Labute approximate surface area is 126 Å². The molecule has 0 unspecified atom stereocenters. The van der Waals surface area contributed by atoms with Gasteiger partial charge in [0.25, 0.3) is 0 Å². The first kappa shape index (κ1) is 14.3. The van der Waals surface area contributed by atoms with Crippen LogP contribution in [0.1, 0.15) is 44.1 Å². The Morgan fingerprint density at radius 3 is 2.67 bits per heavy atom. The topological polar surface area (TPSA) is 37.4 Å². The number of Topliss-reactive ketones (excluding diaryl/α,β-unsaturated/α-hetero) is 1. The Balaban J connectivity index is 1.68. The molecule has 0 spiro atoms. The molecule has 1 aromatic rings. The van der Waals surface area contributed by atoms with Crippen LogP contribution in [0.4, 0.5) is 0 Å². The first-order valence-electron chi connectivity index (χ1n) is 8.12. The lowest BCUT2D eigenvalue weighted by Crippen LogP contribution is -2.44. The minimum Gasteiger partial charge on any atom is -0.339 e. The molecule has 1 amide bonds. The molecule has 0 bridgehead atoms. The summed E-state index contributed by atoms with van der Waals surface area (Å²) in [4.78, 5) is 26.7. The van der Waals surface area contributed by atoms with Gasteiger partial charge in [-0.25, -0.2) is 0 Å². The lowest BCUT2D eigenvalue weighted by Gasteiger charge is -2.33. The van der Waals surface area contributed by atoms with Gasteiger partial charge in [0.15, 0.2) is 0 Å². The van der Waals surface area contributed by atoms with Crippen molar-refractivity contribution in [3.63, 3.8) is 0 Å². The van der Waals surface area contributed by atoms with Crippen molar-refractivity contribution in [2.75, 3.05) is 6.54 Å². The van der Waals surface area contributed by atoms with E-state index in [1.165, 1.54) is 0 Å². The van der Waals surface area contributed by atoms with E-state index in [1.807, 2.05) is 35.2 Å². The van der Waals surface area contributed by atoms with Crippen molar-refractivity contribution in [2.24, 2.45) is 5.92 Å². The standard InChI is InChI=1S/C18H23NO2/c20-17-11-5-4-9-15(17)16-10-6-12-19(16)18(21)13-14-7-2-1-3-8-14/h1-3,7-8,15-16H,4-6,9-13H2/t15-,16+/m0/s1. The van der Waals surface area contributed by atoms with Crippen LogP contribution in [0.5, 0.6) is 0 Å². The Morgan fingerprint density at radius 1 is 1.10 bits per heavy atom. The molecule has 2 atom stereocenters. The molecule has 1 aliphatic heterocycles. The number of carbonyl (C=O) groups excluding carboxylic acids is 2. The van der Waals surface area contributed by atoms with Crippen molar-refractivity contribution >= 4 is 11.7 Å². The third-order valence-corrected chi connectivity index (χ3v) is 4.88. The average Bonchev–Trinajstić information content (AvgIpc) is 2.98. The molecule has 0 aromatic heterocycles. The normalized spacial score (nSPS) is 26.1. The predicted molar refractivity (Wildman–Crippen MR) is 81.8 cm³/mol. The van der Waals surface area contributed by atoms with Crippen LogP contribution in [0, 0.1) is 5.92 Å². The van der Waals surface area contributed by atoms with E-state index in [-0.39, 0.29) is 17.9 Å². The van der Waals surface area contributed by atoms with E-state index < -0.39 is 0 Å². The summed E-state index contributed by atoms with van der Waals surface area (Å²) in [5.74, 6) is 0.661. The minimum atomic E-state index is 0.0981. The van der Waals surface area contributed by atoms with Gasteiger partial charge >= 0.3 is 0 Å². The number of hydrogen-bond donors (Lipinski definition) is 0. The Bertz CT molecular complexity index is 511. The van der Waals surface area contributed by atoms with Crippen LogP contribution < -0.4 is 0 Å². The smallest absolute Gasteiger partial charge is 0.227 e. The van der Waals surface area contributed by atoms with Crippen molar-refractivity contribution in [1.29, 1.82) is 0 Å². The summed E-state index contributed by atoms with van der Waals surface area (Å²) >= 11 is 0. The highest BCUT2D eigenvalue weighted by molar-refractivity contribution is 5.84. The molecule has 0 N–H and O–H groups in total. The summed E-state index contributed by atoms with van der Waals surface area (Å²) in [6.45, 7) is 0.820. The van der Waals surface area contributed by atoms with Gasteiger partial charge in [0, 0.05) is 24.9 Å². The van der Waals surface area contributed by atoms with E-state index in [2.05, 4.69) is 0 Å². The maximum Gasteiger partial charge on any atom is 0.227 e. The van der Waals surface area contributed by atoms with E-state index in [1.54, 1.807) is 0 Å². The lowest BCUT2D eigenvalue weighted by atomic mass is 9.81. The summed E-state index contributed by atoms with van der Waals surface area (Å²) in [7, 11) is 0. The van der Waals surface area contributed by atoms with E-state index in [4.69, 9.17) is 0 Å². The van der Waals surface area contributed by atoms with E-state index >= 15 is 0 Å². The van der Waals surface area contributed by atoms with Crippen LogP contribution in [0.3, 0.4) is 0 Å². The molecule has 3 nitrogen and oxygen atoms in total. The van der Waals surface area contributed by atoms with Gasteiger partial charge in [0.05, 0.1) is 6.42 Å². The number of nitrogens with zero attached hydrogens (tertiary/aromatic N) is 1. The van der Waals surface area contributed by atoms with E-state index in [9.17, 15) is 9.59 Å². The maximum absolute atomic E-state index is 12.6. The van der Waals surface area contributed by atoms with Crippen LogP contribution >= 0.6 is 0 Å². The van der Waals surface area contributed by atoms with Gasteiger partial charge < -0.3 is 4.90 Å². The van der Waals surface area contributed by atoms with Gasteiger partial charge in [0.1, 0.15) is 5.78 Å². The summed E-state index contributed by atoms with van der Waals surface area (Å²) in [5.41, 5.74) is 1.06. The second-order valence-corrected chi connectivity index (χ2v) is 6.28. The highest BCUT2D eigenvalue weighted by Gasteiger charge is 2.38. The summed E-state index contributed by atoms with van der Waals surface area (Å²) < 4.78 is 0. The molecule has 112 valence electrons. The summed E-state index contributed by atoms with van der Waals surface area (Å²) in [6, 6.07) is 10.1. The zero-order chi connectivity index (χ0) is 14.7. The van der Waals surface area contributed by atoms with Crippen molar-refractivity contribution in [3.05, 3.63) is 35.9 Å². The fourth-order valence-electron chi connectivity index (χ4n) is 3.81. The highest BCUT2D eigenvalue weighted by atomic mass is 16.2. The molecular weight excluding hydrogens is 262 g/mol. The molecule has 3 rings (SSSR count). The monoisotopic (exact) mass is 285 g/mol. The zero-order valence-corrected chi connectivity index (χ0v) is 12.5. The van der Waals surface area contributed by atoms with Crippen LogP contribution in [0.2, 0.25) is 0 Å². The van der Waals surface area contributed by atoms with Crippen molar-refractivity contribution in [2.45, 2.75) is 51.0 Å². The first-order chi connectivity index (χ1) is 10.3. The molecule has 21 heavy (non-hydrogen) atoms. The molecule has 1 aliphatic carbocycles. The quantitative estimate of drug-likeness (QED) is 0.856. The maximum atomic E-state index is 12.6. The van der Waals surface area contributed by atoms with Crippen molar-refractivity contribution in [1.82, 2.24) is 4.90 Å². The van der Waals surface area contributed by atoms with Crippen molar-refractivity contribution in [3.8, 4) is 0 Å². The number of hydrogen-bond acceptors (Lipinski definition) is 2. The SMILES string of the molecule is O=C1CCCC[C@H]1[C@H]1CCCN1C(=O)Cc1ccccc1. The van der Waals surface area contributed by atoms with Crippen LogP contribution in [-0.2, 0) is 16.0 Å². The third-order valence-electron chi connectivity index (χ3n) is 4.88. The second-order valence-electron chi connectivity index (χ2n) is 6.28. The number of carbonyl (C=O) groups is 2. The summed E-state index contributed by atoms with van der Waals surface area (Å²) in [6.07, 6.45) is 6.33. The second kappa shape index (κ2) is 6.42. The highest BCUT2D eigenvalue weighted by Crippen LogP contribution is 2.32. The number of likely N-dealkylation sites (tertiary alicyclic amines) is 1. The van der Waals surface area contributed by atoms with Gasteiger partial charge in [-0.2, -0.15) is 0 Å². The molecule has 2 fully saturated rings. The van der Waals surface area contributed by atoms with Crippen molar-refractivity contribution < 1.29 is 9.59 Å². The van der Waals surface area contributed by atoms with Gasteiger partial charge in [-0.15, -0.1) is 0 Å². The zero-order valence-electron chi connectivity index (χ0n) is 12.5. The Hall–Kier alpha value is -1.64. The van der Waals surface area contributed by atoms with Gasteiger partial charge in [-0.3, -0.25) is 9.59 Å².